The highest BCUT2D eigenvalue weighted by atomic mass is 16.5. The van der Waals surface area contributed by atoms with Gasteiger partial charge in [-0.15, -0.1) is 0 Å². The number of nitrogens with zero attached hydrogens (tertiary/aromatic N) is 2. The molecule has 2 aromatic carbocycles. The van der Waals surface area contributed by atoms with Gasteiger partial charge in [-0.2, -0.15) is 0 Å². The Morgan fingerprint density at radius 3 is 2.12 bits per heavy atom. The number of nitrogen functional groups attached to an aromatic ring is 2. The van der Waals surface area contributed by atoms with Crippen LogP contribution in [0.15, 0.2) is 54.9 Å². The summed E-state index contributed by atoms with van der Waals surface area (Å²) in [7, 11) is 0. The van der Waals surface area contributed by atoms with Crippen LogP contribution in [0.3, 0.4) is 0 Å². The van der Waals surface area contributed by atoms with Gasteiger partial charge < -0.3 is 16.2 Å². The van der Waals surface area contributed by atoms with Crippen LogP contribution in [0.5, 0.6) is 5.75 Å². The number of hydrogen-bond acceptors (Lipinski definition) is 6. The lowest BCUT2D eigenvalue weighted by atomic mass is 10.1. The first-order chi connectivity index (χ1) is 11.5. The number of hydrogen-bond donors (Lipinski definition) is 2. The summed E-state index contributed by atoms with van der Waals surface area (Å²) in [5, 5.41) is 0. The van der Waals surface area contributed by atoms with Gasteiger partial charge in [0.1, 0.15) is 0 Å². The lowest BCUT2D eigenvalue weighted by molar-refractivity contribution is 0.0733. The molecule has 3 aromatic rings. The molecule has 0 aliphatic carbocycles. The predicted octanol–water partition coefficient (Wildman–Crippen LogP) is 2.84. The van der Waals surface area contributed by atoms with Crippen LogP contribution in [0.1, 0.15) is 15.9 Å². The first kappa shape index (κ1) is 15.5. The Morgan fingerprint density at radius 2 is 1.54 bits per heavy atom. The first-order valence-corrected chi connectivity index (χ1v) is 7.28. The summed E-state index contributed by atoms with van der Waals surface area (Å²) in [5.74, 6) is 0.237. The minimum absolute atomic E-state index is 0.247. The lowest BCUT2D eigenvalue weighted by Crippen LogP contribution is -2.10. The van der Waals surface area contributed by atoms with Crippen molar-refractivity contribution < 1.29 is 9.53 Å². The van der Waals surface area contributed by atoms with Crippen LogP contribution in [0.25, 0.3) is 11.4 Å². The Morgan fingerprint density at radius 1 is 0.958 bits per heavy atom. The van der Waals surface area contributed by atoms with E-state index in [4.69, 9.17) is 16.2 Å². The van der Waals surface area contributed by atoms with Gasteiger partial charge in [-0.25, -0.2) is 14.8 Å². The fourth-order valence-electron chi connectivity index (χ4n) is 2.18. The maximum Gasteiger partial charge on any atom is 0.343 e. The van der Waals surface area contributed by atoms with E-state index in [0.717, 1.165) is 11.1 Å². The minimum Gasteiger partial charge on any atom is -0.420 e. The van der Waals surface area contributed by atoms with Gasteiger partial charge in [0, 0.05) is 16.9 Å². The maximum atomic E-state index is 12.1. The van der Waals surface area contributed by atoms with Crippen molar-refractivity contribution in [3.8, 4) is 17.1 Å². The van der Waals surface area contributed by atoms with Crippen LogP contribution in [0.2, 0.25) is 0 Å². The average molecular weight is 320 g/mol. The van der Waals surface area contributed by atoms with Gasteiger partial charge >= 0.3 is 5.97 Å². The molecule has 24 heavy (non-hydrogen) atoms. The number of benzene rings is 2. The molecule has 6 heteroatoms. The number of anilines is 2. The summed E-state index contributed by atoms with van der Waals surface area (Å²) in [6.45, 7) is 2.01. The summed E-state index contributed by atoms with van der Waals surface area (Å²) in [6, 6.07) is 12.4. The zero-order valence-electron chi connectivity index (χ0n) is 13.1. The molecule has 1 aromatic heterocycles. The molecular formula is C18H16N4O2. The van der Waals surface area contributed by atoms with Crippen LogP contribution in [-0.4, -0.2) is 15.9 Å². The van der Waals surface area contributed by atoms with Crippen molar-refractivity contribution in [3.63, 3.8) is 0 Å². The van der Waals surface area contributed by atoms with E-state index in [1.807, 2.05) is 31.2 Å². The Kier molecular flexibility index (Phi) is 4.11. The van der Waals surface area contributed by atoms with Crippen LogP contribution in [-0.2, 0) is 0 Å². The number of carbonyl (C=O) groups excluding carboxylic acids is 1. The van der Waals surface area contributed by atoms with E-state index in [1.165, 1.54) is 24.5 Å². The zero-order chi connectivity index (χ0) is 17.1. The van der Waals surface area contributed by atoms with Gasteiger partial charge in [0.05, 0.1) is 18.0 Å². The van der Waals surface area contributed by atoms with E-state index in [2.05, 4.69) is 9.97 Å². The molecule has 0 fully saturated rings. The fourth-order valence-corrected chi connectivity index (χ4v) is 2.18. The largest absolute Gasteiger partial charge is 0.420 e. The number of ether oxygens (including phenoxy) is 1. The van der Waals surface area contributed by atoms with Crippen LogP contribution >= 0.6 is 0 Å². The SMILES string of the molecule is Cc1ccc(-c2ncc(OC(=O)c3cc(N)cc(N)c3)cn2)cc1. The lowest BCUT2D eigenvalue weighted by Gasteiger charge is -2.06. The maximum absolute atomic E-state index is 12.1. The van der Waals surface area contributed by atoms with Gasteiger partial charge in [0.2, 0.25) is 0 Å². The molecule has 0 saturated heterocycles. The molecule has 1 heterocycles. The monoisotopic (exact) mass is 320 g/mol. The first-order valence-electron chi connectivity index (χ1n) is 7.28. The highest BCUT2D eigenvalue weighted by Crippen LogP contribution is 2.19. The molecule has 0 saturated carbocycles. The van der Waals surface area contributed by atoms with Crippen molar-refractivity contribution in [2.45, 2.75) is 6.92 Å². The Hall–Kier alpha value is -3.41. The van der Waals surface area contributed by atoms with Crippen molar-refractivity contribution in [2.24, 2.45) is 0 Å². The molecule has 0 amide bonds. The van der Waals surface area contributed by atoms with Crippen molar-refractivity contribution >= 4 is 17.3 Å². The van der Waals surface area contributed by atoms with Crippen LogP contribution < -0.4 is 16.2 Å². The second kappa shape index (κ2) is 6.37. The Labute approximate surface area is 139 Å². The van der Waals surface area contributed by atoms with Gasteiger partial charge in [-0.1, -0.05) is 29.8 Å². The van der Waals surface area contributed by atoms with Crippen molar-refractivity contribution in [1.29, 1.82) is 0 Å². The molecular weight excluding hydrogens is 304 g/mol. The summed E-state index contributed by atoms with van der Waals surface area (Å²) in [6.07, 6.45) is 2.91. The molecule has 0 radical (unpaired) electrons. The van der Waals surface area contributed by atoms with Crippen LogP contribution in [0, 0.1) is 6.92 Å². The standard InChI is InChI=1S/C18H16N4O2/c1-11-2-4-12(5-3-11)17-21-9-16(10-22-17)24-18(23)13-6-14(19)8-15(20)7-13/h2-10H,19-20H2,1H3. The number of esters is 1. The number of aryl methyl sites for hydroxylation is 1. The topological polar surface area (TPSA) is 104 Å². The molecule has 120 valence electrons. The third-order valence-electron chi connectivity index (χ3n) is 3.36. The minimum atomic E-state index is -0.569. The highest BCUT2D eigenvalue weighted by molar-refractivity contribution is 5.93. The van der Waals surface area contributed by atoms with E-state index in [0.29, 0.717) is 17.2 Å². The molecule has 0 bridgehead atoms. The van der Waals surface area contributed by atoms with E-state index < -0.39 is 5.97 Å². The van der Waals surface area contributed by atoms with Crippen molar-refractivity contribution in [3.05, 3.63) is 66.0 Å². The summed E-state index contributed by atoms with van der Waals surface area (Å²) >= 11 is 0. The smallest absolute Gasteiger partial charge is 0.343 e. The zero-order valence-corrected chi connectivity index (χ0v) is 13.1. The van der Waals surface area contributed by atoms with Gasteiger partial charge in [-0.05, 0) is 25.1 Å². The summed E-state index contributed by atoms with van der Waals surface area (Å²) in [4.78, 5) is 20.6. The van der Waals surface area contributed by atoms with E-state index in [-0.39, 0.29) is 11.3 Å². The van der Waals surface area contributed by atoms with Gasteiger partial charge in [0.15, 0.2) is 11.6 Å². The third-order valence-corrected chi connectivity index (χ3v) is 3.36. The van der Waals surface area contributed by atoms with Crippen molar-refractivity contribution in [1.82, 2.24) is 9.97 Å². The van der Waals surface area contributed by atoms with Crippen LogP contribution in [0.4, 0.5) is 11.4 Å². The molecule has 0 aliphatic rings. The molecule has 4 N–H and O–H groups in total. The molecule has 0 atom stereocenters. The highest BCUT2D eigenvalue weighted by Gasteiger charge is 2.11. The predicted molar refractivity (Wildman–Crippen MR) is 92.4 cm³/mol. The number of carbonyl (C=O) groups is 1. The van der Waals surface area contributed by atoms with Gasteiger partial charge in [-0.3, -0.25) is 0 Å². The second-order valence-corrected chi connectivity index (χ2v) is 5.39. The fraction of sp³-hybridized carbons (Fsp3) is 0.0556. The molecule has 0 spiro atoms. The summed E-state index contributed by atoms with van der Waals surface area (Å²) < 4.78 is 5.25. The van der Waals surface area contributed by atoms with E-state index >= 15 is 0 Å². The number of nitrogens with two attached hydrogens (primary N) is 2. The molecule has 3 rings (SSSR count). The second-order valence-electron chi connectivity index (χ2n) is 5.39. The Bertz CT molecular complexity index is 854. The molecule has 0 aliphatic heterocycles. The van der Waals surface area contributed by atoms with E-state index in [1.54, 1.807) is 6.07 Å². The number of rotatable bonds is 3. The molecule has 0 unspecified atom stereocenters. The third kappa shape index (κ3) is 3.49. The molecule has 6 nitrogen and oxygen atoms in total. The number of aromatic nitrogens is 2. The Balaban J connectivity index is 1.76. The van der Waals surface area contributed by atoms with Crippen molar-refractivity contribution in [2.75, 3.05) is 11.5 Å². The average Bonchev–Trinajstić information content (AvgIpc) is 2.55. The summed E-state index contributed by atoms with van der Waals surface area (Å²) in [5.41, 5.74) is 14.5. The quantitative estimate of drug-likeness (QED) is 0.568. The van der Waals surface area contributed by atoms with Gasteiger partial charge in [0.25, 0.3) is 0 Å². The van der Waals surface area contributed by atoms with E-state index in [9.17, 15) is 4.79 Å². The normalized spacial score (nSPS) is 10.4.